The van der Waals surface area contributed by atoms with Gasteiger partial charge in [0.05, 0.1) is 33.0 Å². The van der Waals surface area contributed by atoms with Gasteiger partial charge in [-0.25, -0.2) is 0 Å². The molecule has 166 valence electrons. The van der Waals surface area contributed by atoms with Crippen LogP contribution in [0.1, 0.15) is 23.5 Å². The highest BCUT2D eigenvalue weighted by Gasteiger charge is 2.33. The van der Waals surface area contributed by atoms with Crippen molar-refractivity contribution in [2.75, 3.05) is 11.1 Å². The fraction of sp³-hybridized carbons (Fsp3) is 0.190. The number of allylic oxidation sites excluding steroid dienone is 1. The van der Waals surface area contributed by atoms with E-state index in [1.165, 1.54) is 6.07 Å². The molecule has 2 aromatic rings. The molecule has 2 aromatic carbocycles. The number of nitrogens with zero attached hydrogens (tertiary/aromatic N) is 1. The molecule has 5 nitrogen and oxygen atoms in total. The number of thioether (sulfide) groups is 1. The summed E-state index contributed by atoms with van der Waals surface area (Å²) in [4.78, 5) is 24.5. The van der Waals surface area contributed by atoms with Gasteiger partial charge in [-0.1, -0.05) is 47.1 Å². The first kappa shape index (κ1) is 24.0. The van der Waals surface area contributed by atoms with Crippen LogP contribution in [0.5, 0.6) is 0 Å². The predicted octanol–water partition coefficient (Wildman–Crippen LogP) is 5.72. The third-order valence-corrected chi connectivity index (χ3v) is 6.13. The van der Waals surface area contributed by atoms with Crippen LogP contribution >= 0.6 is 35.0 Å². The molecule has 1 aliphatic heterocycles. The van der Waals surface area contributed by atoms with Crippen molar-refractivity contribution in [3.8, 4) is 6.07 Å². The zero-order valence-electron chi connectivity index (χ0n) is 16.1. The molecule has 0 unspecified atom stereocenters. The molecule has 1 atom stereocenters. The molecule has 0 saturated heterocycles. The summed E-state index contributed by atoms with van der Waals surface area (Å²) >= 11 is 12.4. The number of amides is 2. The maximum Gasteiger partial charge on any atom is 0.417 e. The van der Waals surface area contributed by atoms with Crippen LogP contribution in [-0.2, 0) is 15.8 Å². The fourth-order valence-corrected chi connectivity index (χ4v) is 4.30. The van der Waals surface area contributed by atoms with Crippen molar-refractivity contribution in [1.29, 1.82) is 5.26 Å². The van der Waals surface area contributed by atoms with Crippen LogP contribution in [-0.4, -0.2) is 17.6 Å². The van der Waals surface area contributed by atoms with Gasteiger partial charge in [0, 0.05) is 23.0 Å². The van der Waals surface area contributed by atoms with E-state index >= 15 is 0 Å². The molecular formula is C21H14Cl2F3N3O2S. The van der Waals surface area contributed by atoms with Crippen molar-refractivity contribution >= 4 is 52.5 Å². The molecule has 0 spiro atoms. The Morgan fingerprint density at radius 1 is 1.22 bits per heavy atom. The van der Waals surface area contributed by atoms with Gasteiger partial charge >= 0.3 is 6.18 Å². The monoisotopic (exact) mass is 499 g/mol. The standard InChI is InChI=1S/C21H14Cl2F3N3O2S/c22-12-3-1-11(2-4-12)14-8-18(30)29-20(15(14)9-27)32-10-19(31)28-13-5-6-17(23)16(7-13)21(24,25)26/h1-7,14H,8,10H2,(H,28,31)(H,29,30)/t14-/m0/s1. The van der Waals surface area contributed by atoms with Gasteiger partial charge in [0.15, 0.2) is 0 Å². The van der Waals surface area contributed by atoms with Gasteiger partial charge in [-0.05, 0) is 35.9 Å². The summed E-state index contributed by atoms with van der Waals surface area (Å²) in [5.41, 5.74) is -0.127. The van der Waals surface area contributed by atoms with Crippen LogP contribution in [0.2, 0.25) is 10.0 Å². The molecule has 32 heavy (non-hydrogen) atoms. The van der Waals surface area contributed by atoms with Crippen LogP contribution < -0.4 is 10.6 Å². The highest BCUT2D eigenvalue weighted by molar-refractivity contribution is 8.03. The van der Waals surface area contributed by atoms with Crippen LogP contribution in [0.4, 0.5) is 18.9 Å². The Morgan fingerprint density at radius 2 is 1.91 bits per heavy atom. The lowest BCUT2D eigenvalue weighted by molar-refractivity contribution is -0.137. The second-order valence-corrected chi connectivity index (χ2v) is 8.57. The van der Waals surface area contributed by atoms with Crippen LogP contribution in [0.15, 0.2) is 53.1 Å². The fourth-order valence-electron chi connectivity index (χ4n) is 3.07. The van der Waals surface area contributed by atoms with Gasteiger partial charge < -0.3 is 10.6 Å². The van der Waals surface area contributed by atoms with E-state index in [-0.39, 0.29) is 34.4 Å². The normalized spacial score (nSPS) is 16.4. The Kier molecular flexibility index (Phi) is 7.39. The minimum Gasteiger partial charge on any atom is -0.325 e. The number of nitriles is 1. The van der Waals surface area contributed by atoms with Crippen molar-refractivity contribution in [2.24, 2.45) is 0 Å². The van der Waals surface area contributed by atoms with Crippen molar-refractivity contribution in [1.82, 2.24) is 5.32 Å². The molecule has 2 N–H and O–H groups in total. The lowest BCUT2D eigenvalue weighted by Gasteiger charge is -2.25. The molecule has 0 saturated carbocycles. The van der Waals surface area contributed by atoms with E-state index in [4.69, 9.17) is 23.2 Å². The Bertz CT molecular complexity index is 1130. The van der Waals surface area contributed by atoms with Gasteiger partial charge in [0.1, 0.15) is 0 Å². The number of benzene rings is 2. The number of hydrogen-bond donors (Lipinski definition) is 2. The van der Waals surface area contributed by atoms with Crippen LogP contribution in [0, 0.1) is 11.3 Å². The number of carbonyl (C=O) groups excluding carboxylic acids is 2. The number of rotatable bonds is 5. The first-order chi connectivity index (χ1) is 15.1. The highest BCUT2D eigenvalue weighted by atomic mass is 35.5. The van der Waals surface area contributed by atoms with E-state index < -0.39 is 28.6 Å². The van der Waals surface area contributed by atoms with Crippen molar-refractivity contribution in [3.05, 3.63) is 74.2 Å². The summed E-state index contributed by atoms with van der Waals surface area (Å²) in [5, 5.41) is 14.9. The van der Waals surface area contributed by atoms with Gasteiger partial charge in [0.2, 0.25) is 11.8 Å². The minimum absolute atomic E-state index is 0.0613. The van der Waals surface area contributed by atoms with Crippen molar-refractivity contribution in [3.63, 3.8) is 0 Å². The van der Waals surface area contributed by atoms with Crippen molar-refractivity contribution < 1.29 is 22.8 Å². The maximum atomic E-state index is 13.0. The smallest absolute Gasteiger partial charge is 0.325 e. The Balaban J connectivity index is 1.74. The molecule has 0 bridgehead atoms. The third kappa shape index (κ3) is 5.76. The SMILES string of the molecule is N#CC1=C(SCC(=O)Nc2ccc(Cl)c(C(F)(F)F)c2)NC(=O)C[C@H]1c1ccc(Cl)cc1. The number of alkyl halides is 3. The minimum atomic E-state index is -4.66. The molecule has 2 amide bonds. The molecule has 0 radical (unpaired) electrons. The summed E-state index contributed by atoms with van der Waals surface area (Å²) in [6, 6.07) is 11.9. The molecule has 1 heterocycles. The molecule has 1 aliphatic rings. The molecule has 0 aromatic heterocycles. The highest BCUT2D eigenvalue weighted by Crippen LogP contribution is 2.37. The number of hydrogen-bond acceptors (Lipinski definition) is 4. The van der Waals surface area contributed by atoms with Crippen molar-refractivity contribution in [2.45, 2.75) is 18.5 Å². The second-order valence-electron chi connectivity index (χ2n) is 6.74. The quantitative estimate of drug-likeness (QED) is 0.550. The van der Waals surface area contributed by atoms with E-state index in [0.29, 0.717) is 5.02 Å². The average Bonchev–Trinajstić information content (AvgIpc) is 2.73. The first-order valence-electron chi connectivity index (χ1n) is 9.07. The molecule has 3 rings (SSSR count). The number of anilines is 1. The van der Waals surface area contributed by atoms with E-state index in [2.05, 4.69) is 16.7 Å². The second kappa shape index (κ2) is 9.86. The number of nitrogens with one attached hydrogen (secondary N) is 2. The average molecular weight is 500 g/mol. The Hall–Kier alpha value is -2.67. The number of carbonyl (C=O) groups is 2. The predicted molar refractivity (Wildman–Crippen MR) is 117 cm³/mol. The lowest BCUT2D eigenvalue weighted by Crippen LogP contribution is -2.31. The summed E-state index contributed by atoms with van der Waals surface area (Å²) < 4.78 is 39.0. The summed E-state index contributed by atoms with van der Waals surface area (Å²) in [5.74, 6) is -1.67. The van der Waals surface area contributed by atoms with Gasteiger partial charge in [-0.2, -0.15) is 18.4 Å². The van der Waals surface area contributed by atoms with E-state index in [1.807, 2.05) is 0 Å². The molecule has 0 fully saturated rings. The third-order valence-electron chi connectivity index (χ3n) is 4.53. The molecular weight excluding hydrogens is 486 g/mol. The zero-order chi connectivity index (χ0) is 23.5. The summed E-state index contributed by atoms with van der Waals surface area (Å²) in [6.45, 7) is 0. The first-order valence-corrected chi connectivity index (χ1v) is 10.8. The topological polar surface area (TPSA) is 82.0 Å². The van der Waals surface area contributed by atoms with Gasteiger partial charge in [-0.3, -0.25) is 9.59 Å². The Labute approximate surface area is 195 Å². The van der Waals surface area contributed by atoms with Gasteiger partial charge in [-0.15, -0.1) is 0 Å². The summed E-state index contributed by atoms with van der Waals surface area (Å²) in [6.07, 6.45) is -4.60. The largest absolute Gasteiger partial charge is 0.417 e. The Morgan fingerprint density at radius 3 is 2.53 bits per heavy atom. The van der Waals surface area contributed by atoms with E-state index in [0.717, 1.165) is 29.5 Å². The van der Waals surface area contributed by atoms with Gasteiger partial charge in [0.25, 0.3) is 0 Å². The zero-order valence-corrected chi connectivity index (χ0v) is 18.4. The maximum absolute atomic E-state index is 13.0. The molecule has 11 heteroatoms. The van der Waals surface area contributed by atoms with E-state index in [1.54, 1.807) is 24.3 Å². The number of halogens is 5. The lowest BCUT2D eigenvalue weighted by atomic mass is 9.87. The molecule has 0 aliphatic carbocycles. The van der Waals surface area contributed by atoms with Crippen LogP contribution in [0.25, 0.3) is 0 Å². The van der Waals surface area contributed by atoms with Crippen LogP contribution in [0.3, 0.4) is 0 Å². The summed E-state index contributed by atoms with van der Waals surface area (Å²) in [7, 11) is 0. The van der Waals surface area contributed by atoms with E-state index in [9.17, 15) is 28.0 Å².